The number of nitrogens with one attached hydrogen (secondary N) is 1. The van der Waals surface area contributed by atoms with Crippen LogP contribution in [-0.2, 0) is 18.3 Å². The number of hydrogen-bond donors (Lipinski definition) is 1. The van der Waals surface area contributed by atoms with E-state index in [1.807, 2.05) is 30.7 Å². The highest BCUT2D eigenvalue weighted by atomic mass is 19.1. The van der Waals surface area contributed by atoms with Crippen molar-refractivity contribution in [3.8, 4) is 0 Å². The second-order valence-electron chi connectivity index (χ2n) is 7.09. The summed E-state index contributed by atoms with van der Waals surface area (Å²) in [5.74, 6) is 2.38. The molecule has 2 heterocycles. The fourth-order valence-electron chi connectivity index (χ4n) is 3.25. The maximum Gasteiger partial charge on any atom is 0.194 e. The Morgan fingerprint density at radius 3 is 2.52 bits per heavy atom. The SMILES string of the molecule is COCCCNC(=NCc1nnc(C)n1C)N1CCN(c2ccc(F)cc2)CC1. The number of guanidine groups is 1. The molecule has 1 aromatic heterocycles. The lowest BCUT2D eigenvalue weighted by Crippen LogP contribution is -2.52. The lowest BCUT2D eigenvalue weighted by Gasteiger charge is -2.37. The molecule has 29 heavy (non-hydrogen) atoms. The molecular formula is C20H30FN7O. The normalized spacial score (nSPS) is 15.1. The van der Waals surface area contributed by atoms with Crippen molar-refractivity contribution < 1.29 is 9.13 Å². The first-order chi connectivity index (χ1) is 14.1. The monoisotopic (exact) mass is 403 g/mol. The average molecular weight is 404 g/mol. The zero-order chi connectivity index (χ0) is 20.6. The van der Waals surface area contributed by atoms with E-state index in [-0.39, 0.29) is 5.82 Å². The molecule has 0 atom stereocenters. The fourth-order valence-corrected chi connectivity index (χ4v) is 3.25. The van der Waals surface area contributed by atoms with E-state index >= 15 is 0 Å². The average Bonchev–Trinajstić information content (AvgIpc) is 3.06. The maximum atomic E-state index is 13.2. The standard InChI is InChI=1S/C20H30FN7O/c1-16-24-25-19(26(16)2)15-23-20(22-9-4-14-29-3)28-12-10-27(11-13-28)18-7-5-17(21)6-8-18/h5-8H,4,9-15H2,1-3H3,(H,22,23). The Bertz CT molecular complexity index is 798. The van der Waals surface area contributed by atoms with Crippen LogP contribution in [0.4, 0.5) is 10.1 Å². The molecule has 2 aromatic rings. The van der Waals surface area contributed by atoms with Crippen molar-refractivity contribution in [2.45, 2.75) is 19.9 Å². The molecule has 1 N–H and O–H groups in total. The highest BCUT2D eigenvalue weighted by molar-refractivity contribution is 5.80. The molecule has 0 saturated carbocycles. The minimum Gasteiger partial charge on any atom is -0.385 e. The van der Waals surface area contributed by atoms with Crippen LogP contribution in [0.5, 0.6) is 0 Å². The number of benzene rings is 1. The fraction of sp³-hybridized carbons (Fsp3) is 0.550. The summed E-state index contributed by atoms with van der Waals surface area (Å²) in [4.78, 5) is 9.33. The summed E-state index contributed by atoms with van der Waals surface area (Å²) in [5.41, 5.74) is 1.05. The minimum absolute atomic E-state index is 0.207. The largest absolute Gasteiger partial charge is 0.385 e. The summed E-state index contributed by atoms with van der Waals surface area (Å²) >= 11 is 0. The molecule has 1 saturated heterocycles. The zero-order valence-electron chi connectivity index (χ0n) is 17.4. The number of methoxy groups -OCH3 is 1. The number of hydrogen-bond acceptors (Lipinski definition) is 5. The van der Waals surface area contributed by atoms with E-state index < -0.39 is 0 Å². The topological polar surface area (TPSA) is 70.8 Å². The molecule has 9 heteroatoms. The molecule has 1 aliphatic heterocycles. The van der Waals surface area contributed by atoms with E-state index in [4.69, 9.17) is 9.73 Å². The second kappa shape index (κ2) is 10.2. The summed E-state index contributed by atoms with van der Waals surface area (Å²) < 4.78 is 20.3. The van der Waals surface area contributed by atoms with E-state index in [1.54, 1.807) is 7.11 Å². The van der Waals surface area contributed by atoms with Gasteiger partial charge in [0, 0.05) is 59.2 Å². The van der Waals surface area contributed by atoms with Crippen LogP contribution in [0.25, 0.3) is 0 Å². The van der Waals surface area contributed by atoms with E-state index in [1.165, 1.54) is 12.1 Å². The van der Waals surface area contributed by atoms with Crippen molar-refractivity contribution in [1.29, 1.82) is 0 Å². The highest BCUT2D eigenvalue weighted by Crippen LogP contribution is 2.17. The van der Waals surface area contributed by atoms with Gasteiger partial charge in [0.1, 0.15) is 18.2 Å². The van der Waals surface area contributed by atoms with Crippen molar-refractivity contribution in [3.05, 3.63) is 41.7 Å². The summed E-state index contributed by atoms with van der Waals surface area (Å²) in [6, 6.07) is 6.68. The van der Waals surface area contributed by atoms with Gasteiger partial charge in [0.05, 0.1) is 0 Å². The summed E-state index contributed by atoms with van der Waals surface area (Å²) in [7, 11) is 3.66. The van der Waals surface area contributed by atoms with Gasteiger partial charge in [-0.1, -0.05) is 0 Å². The van der Waals surface area contributed by atoms with Gasteiger partial charge in [-0.2, -0.15) is 0 Å². The molecular weight excluding hydrogens is 373 g/mol. The molecule has 0 aliphatic carbocycles. The molecule has 0 spiro atoms. The summed E-state index contributed by atoms with van der Waals surface area (Å²) in [5, 5.41) is 11.8. The third-order valence-corrected chi connectivity index (χ3v) is 5.13. The Kier molecular flexibility index (Phi) is 7.40. The quantitative estimate of drug-likeness (QED) is 0.430. The summed E-state index contributed by atoms with van der Waals surface area (Å²) in [6.07, 6.45) is 0.911. The molecule has 0 radical (unpaired) electrons. The van der Waals surface area contributed by atoms with Gasteiger partial charge in [-0.05, 0) is 37.6 Å². The Morgan fingerprint density at radius 1 is 1.17 bits per heavy atom. The predicted molar refractivity (Wildman–Crippen MR) is 112 cm³/mol. The van der Waals surface area contributed by atoms with Crippen molar-refractivity contribution in [1.82, 2.24) is 25.0 Å². The number of piperazine rings is 1. The van der Waals surface area contributed by atoms with Gasteiger partial charge in [-0.25, -0.2) is 9.38 Å². The summed E-state index contributed by atoms with van der Waals surface area (Å²) in [6.45, 7) is 7.29. The van der Waals surface area contributed by atoms with Crippen LogP contribution in [0.2, 0.25) is 0 Å². The first-order valence-corrected chi connectivity index (χ1v) is 9.96. The first-order valence-electron chi connectivity index (χ1n) is 9.96. The minimum atomic E-state index is -0.207. The number of aliphatic imine (C=N–C) groups is 1. The van der Waals surface area contributed by atoms with Gasteiger partial charge in [-0.3, -0.25) is 0 Å². The number of rotatable bonds is 7. The number of ether oxygens (including phenoxy) is 1. The first kappa shape index (κ1) is 21.0. The van der Waals surface area contributed by atoms with Crippen molar-refractivity contribution in [3.63, 3.8) is 0 Å². The molecule has 0 unspecified atom stereocenters. The Labute approximate surface area is 171 Å². The zero-order valence-corrected chi connectivity index (χ0v) is 17.4. The Balaban J connectivity index is 1.63. The Morgan fingerprint density at radius 2 is 1.90 bits per heavy atom. The number of anilines is 1. The number of nitrogens with zero attached hydrogens (tertiary/aromatic N) is 6. The Hall–Kier alpha value is -2.68. The van der Waals surface area contributed by atoms with Crippen LogP contribution in [0.3, 0.4) is 0 Å². The van der Waals surface area contributed by atoms with E-state index in [0.29, 0.717) is 13.2 Å². The van der Waals surface area contributed by atoms with Gasteiger partial charge in [-0.15, -0.1) is 10.2 Å². The molecule has 3 rings (SSSR count). The van der Waals surface area contributed by atoms with Crippen molar-refractivity contribution in [2.24, 2.45) is 12.0 Å². The number of aryl methyl sites for hydroxylation is 1. The van der Waals surface area contributed by atoms with Crippen LogP contribution >= 0.6 is 0 Å². The molecule has 1 fully saturated rings. The van der Waals surface area contributed by atoms with Crippen LogP contribution in [-0.4, -0.2) is 72.1 Å². The predicted octanol–water partition coefficient (Wildman–Crippen LogP) is 1.57. The highest BCUT2D eigenvalue weighted by Gasteiger charge is 2.20. The van der Waals surface area contributed by atoms with Gasteiger partial charge in [0.15, 0.2) is 11.8 Å². The molecule has 0 bridgehead atoms. The third kappa shape index (κ3) is 5.66. The second-order valence-corrected chi connectivity index (χ2v) is 7.09. The third-order valence-electron chi connectivity index (χ3n) is 5.13. The molecule has 8 nitrogen and oxygen atoms in total. The van der Waals surface area contributed by atoms with Crippen molar-refractivity contribution >= 4 is 11.6 Å². The molecule has 1 aliphatic rings. The van der Waals surface area contributed by atoms with Gasteiger partial charge < -0.3 is 24.4 Å². The van der Waals surface area contributed by atoms with Gasteiger partial charge >= 0.3 is 0 Å². The number of aromatic nitrogens is 3. The maximum absolute atomic E-state index is 13.2. The number of halogens is 1. The van der Waals surface area contributed by atoms with Gasteiger partial charge in [0.2, 0.25) is 0 Å². The van der Waals surface area contributed by atoms with Gasteiger partial charge in [0.25, 0.3) is 0 Å². The van der Waals surface area contributed by atoms with E-state index in [2.05, 4.69) is 25.3 Å². The van der Waals surface area contributed by atoms with Crippen LogP contribution in [0, 0.1) is 12.7 Å². The van der Waals surface area contributed by atoms with Crippen LogP contribution in [0.15, 0.2) is 29.3 Å². The smallest absolute Gasteiger partial charge is 0.194 e. The molecule has 1 aromatic carbocycles. The lowest BCUT2D eigenvalue weighted by atomic mass is 10.2. The molecule has 0 amide bonds. The van der Waals surface area contributed by atoms with Crippen LogP contribution < -0.4 is 10.2 Å². The van der Waals surface area contributed by atoms with E-state index in [0.717, 1.165) is 62.4 Å². The van der Waals surface area contributed by atoms with Crippen LogP contribution in [0.1, 0.15) is 18.1 Å². The molecule has 158 valence electrons. The van der Waals surface area contributed by atoms with E-state index in [9.17, 15) is 4.39 Å². The lowest BCUT2D eigenvalue weighted by molar-refractivity contribution is 0.195. The van der Waals surface area contributed by atoms with Crippen molar-refractivity contribution in [2.75, 3.05) is 51.3 Å².